The van der Waals surface area contributed by atoms with Crippen LogP contribution in [0.25, 0.3) is 10.8 Å². The van der Waals surface area contributed by atoms with Crippen LogP contribution in [0.2, 0.25) is 0 Å². The summed E-state index contributed by atoms with van der Waals surface area (Å²) in [6.07, 6.45) is 0.955. The second kappa shape index (κ2) is 5.78. The number of benzene rings is 2. The number of rotatable bonds is 5. The molecule has 2 aromatic carbocycles. The first-order chi connectivity index (χ1) is 8.65. The average molecular weight is 241 g/mol. The van der Waals surface area contributed by atoms with Crippen molar-refractivity contribution in [3.8, 4) is 0 Å². The van der Waals surface area contributed by atoms with Gasteiger partial charge in [-0.1, -0.05) is 42.0 Å². The molecule has 0 radical (unpaired) electrons. The minimum atomic E-state index is 0.184. The summed E-state index contributed by atoms with van der Waals surface area (Å²) in [5, 5.41) is 5.71. The van der Waals surface area contributed by atoms with Crippen molar-refractivity contribution in [1.82, 2.24) is 5.32 Å². The minimum absolute atomic E-state index is 0.184. The molecule has 2 heteroatoms. The molecular formula is C16H19NO. The van der Waals surface area contributed by atoms with E-state index >= 15 is 0 Å². The molecule has 0 unspecified atom stereocenters. The van der Waals surface area contributed by atoms with Crippen LogP contribution in [0.3, 0.4) is 0 Å². The van der Waals surface area contributed by atoms with Crippen LogP contribution in [-0.2, 0) is 11.2 Å². The van der Waals surface area contributed by atoms with E-state index in [9.17, 15) is 4.79 Å². The number of hydrogen-bond donors (Lipinski definition) is 1. The maximum Gasteiger partial charge on any atom is 0.143 e. The highest BCUT2D eigenvalue weighted by molar-refractivity contribution is 5.83. The van der Waals surface area contributed by atoms with E-state index in [-0.39, 0.29) is 5.78 Å². The van der Waals surface area contributed by atoms with Gasteiger partial charge in [-0.2, -0.15) is 0 Å². The van der Waals surface area contributed by atoms with Crippen molar-refractivity contribution in [2.24, 2.45) is 0 Å². The number of carbonyl (C=O) groups excluding carboxylic acids is 1. The number of fused-ring (bicyclic) bond motifs is 1. The Hall–Kier alpha value is -1.67. The van der Waals surface area contributed by atoms with Crippen LogP contribution in [0.5, 0.6) is 0 Å². The van der Waals surface area contributed by atoms with E-state index in [0.29, 0.717) is 6.54 Å². The van der Waals surface area contributed by atoms with Crippen molar-refractivity contribution in [3.63, 3.8) is 0 Å². The Morgan fingerprint density at radius 1 is 1.11 bits per heavy atom. The SMILES string of the molecule is CC(=O)CNCCc1ccc2cc(C)ccc2c1. The van der Waals surface area contributed by atoms with Gasteiger partial charge in [0.05, 0.1) is 6.54 Å². The van der Waals surface area contributed by atoms with Crippen molar-refractivity contribution in [2.45, 2.75) is 20.3 Å². The highest BCUT2D eigenvalue weighted by Crippen LogP contribution is 2.17. The van der Waals surface area contributed by atoms with E-state index in [1.807, 2.05) is 0 Å². The Bertz CT molecular complexity index is 560. The lowest BCUT2D eigenvalue weighted by Crippen LogP contribution is -2.23. The summed E-state index contributed by atoms with van der Waals surface area (Å²) in [6.45, 7) is 5.02. The van der Waals surface area contributed by atoms with Crippen molar-refractivity contribution >= 4 is 16.6 Å². The van der Waals surface area contributed by atoms with Gasteiger partial charge in [-0.3, -0.25) is 4.79 Å². The van der Waals surface area contributed by atoms with Gasteiger partial charge >= 0.3 is 0 Å². The lowest BCUT2D eigenvalue weighted by Gasteiger charge is -2.05. The monoisotopic (exact) mass is 241 g/mol. The molecule has 0 saturated heterocycles. The smallest absolute Gasteiger partial charge is 0.143 e. The van der Waals surface area contributed by atoms with Crippen molar-refractivity contribution < 1.29 is 4.79 Å². The predicted molar refractivity (Wildman–Crippen MR) is 75.9 cm³/mol. The number of ketones is 1. The lowest BCUT2D eigenvalue weighted by molar-refractivity contribution is -0.116. The van der Waals surface area contributed by atoms with Crippen molar-refractivity contribution in [3.05, 3.63) is 47.5 Å². The van der Waals surface area contributed by atoms with E-state index in [0.717, 1.165) is 13.0 Å². The predicted octanol–water partition coefficient (Wildman–Crippen LogP) is 2.87. The molecule has 0 heterocycles. The minimum Gasteiger partial charge on any atom is -0.310 e. The topological polar surface area (TPSA) is 29.1 Å². The Labute approximate surface area is 108 Å². The fourth-order valence-corrected chi connectivity index (χ4v) is 2.07. The number of carbonyl (C=O) groups is 1. The Morgan fingerprint density at radius 2 is 1.83 bits per heavy atom. The number of hydrogen-bond acceptors (Lipinski definition) is 2. The first-order valence-corrected chi connectivity index (χ1v) is 6.34. The zero-order valence-electron chi connectivity index (χ0n) is 11.0. The second-order valence-corrected chi connectivity index (χ2v) is 4.81. The van der Waals surface area contributed by atoms with Gasteiger partial charge in [0.1, 0.15) is 5.78 Å². The third-order valence-electron chi connectivity index (χ3n) is 3.02. The molecule has 0 fully saturated rings. The molecule has 1 N–H and O–H groups in total. The van der Waals surface area contributed by atoms with Gasteiger partial charge < -0.3 is 5.32 Å². The standard InChI is InChI=1S/C16H19NO/c1-12-3-5-16-10-14(4-6-15(16)9-12)7-8-17-11-13(2)18/h3-6,9-10,17H,7-8,11H2,1-2H3. The number of Topliss-reactive ketones (excluding diaryl/α,β-unsaturated/α-hetero) is 1. The van der Waals surface area contributed by atoms with Gasteiger partial charge in [0.15, 0.2) is 0 Å². The van der Waals surface area contributed by atoms with Crippen LogP contribution in [0.15, 0.2) is 36.4 Å². The lowest BCUT2D eigenvalue weighted by atomic mass is 10.0. The molecule has 0 aliphatic heterocycles. The fraction of sp³-hybridized carbons (Fsp3) is 0.312. The molecular weight excluding hydrogens is 222 g/mol. The van der Waals surface area contributed by atoms with E-state index < -0.39 is 0 Å². The zero-order valence-corrected chi connectivity index (χ0v) is 11.0. The van der Waals surface area contributed by atoms with E-state index in [2.05, 4.69) is 48.6 Å². The Balaban J connectivity index is 2.01. The summed E-state index contributed by atoms with van der Waals surface area (Å²) in [4.78, 5) is 10.8. The number of nitrogens with one attached hydrogen (secondary N) is 1. The summed E-state index contributed by atoms with van der Waals surface area (Å²) in [7, 11) is 0. The normalized spacial score (nSPS) is 10.8. The van der Waals surface area contributed by atoms with Crippen molar-refractivity contribution in [2.75, 3.05) is 13.1 Å². The highest BCUT2D eigenvalue weighted by Gasteiger charge is 1.98. The third kappa shape index (κ3) is 3.41. The molecule has 18 heavy (non-hydrogen) atoms. The van der Waals surface area contributed by atoms with Crippen LogP contribution in [0.1, 0.15) is 18.1 Å². The summed E-state index contributed by atoms with van der Waals surface area (Å²) in [6, 6.07) is 13.1. The summed E-state index contributed by atoms with van der Waals surface area (Å²) in [5.41, 5.74) is 2.60. The van der Waals surface area contributed by atoms with E-state index in [1.54, 1.807) is 6.92 Å². The van der Waals surface area contributed by atoms with E-state index in [1.165, 1.54) is 21.9 Å². The maximum absolute atomic E-state index is 10.8. The van der Waals surface area contributed by atoms with Crippen LogP contribution in [0, 0.1) is 6.92 Å². The zero-order chi connectivity index (χ0) is 13.0. The molecule has 0 aromatic heterocycles. The van der Waals surface area contributed by atoms with Crippen LogP contribution < -0.4 is 5.32 Å². The van der Waals surface area contributed by atoms with Gasteiger partial charge in [-0.15, -0.1) is 0 Å². The molecule has 94 valence electrons. The van der Waals surface area contributed by atoms with Gasteiger partial charge in [0.2, 0.25) is 0 Å². The first-order valence-electron chi connectivity index (χ1n) is 6.34. The molecule has 0 aliphatic carbocycles. The third-order valence-corrected chi connectivity index (χ3v) is 3.02. The molecule has 0 atom stereocenters. The first kappa shape index (κ1) is 12.8. The van der Waals surface area contributed by atoms with Gasteiger partial charge in [-0.25, -0.2) is 0 Å². The maximum atomic E-state index is 10.8. The van der Waals surface area contributed by atoms with Gasteiger partial charge in [-0.05, 0) is 43.1 Å². The fourth-order valence-electron chi connectivity index (χ4n) is 2.07. The molecule has 0 amide bonds. The summed E-state index contributed by atoms with van der Waals surface area (Å²) < 4.78 is 0. The molecule has 2 nitrogen and oxygen atoms in total. The summed E-state index contributed by atoms with van der Waals surface area (Å²) in [5.74, 6) is 0.184. The molecule has 0 aliphatic rings. The van der Waals surface area contributed by atoms with Gasteiger partial charge in [0, 0.05) is 0 Å². The molecule has 2 aromatic rings. The van der Waals surface area contributed by atoms with E-state index in [4.69, 9.17) is 0 Å². The van der Waals surface area contributed by atoms with Crippen LogP contribution >= 0.6 is 0 Å². The summed E-state index contributed by atoms with van der Waals surface area (Å²) >= 11 is 0. The largest absolute Gasteiger partial charge is 0.310 e. The van der Waals surface area contributed by atoms with Gasteiger partial charge in [0.25, 0.3) is 0 Å². The Morgan fingerprint density at radius 3 is 2.61 bits per heavy atom. The Kier molecular flexibility index (Phi) is 4.11. The van der Waals surface area contributed by atoms with Crippen LogP contribution in [0.4, 0.5) is 0 Å². The molecule has 0 bridgehead atoms. The molecule has 0 spiro atoms. The highest BCUT2D eigenvalue weighted by atomic mass is 16.1. The molecule has 2 rings (SSSR count). The second-order valence-electron chi connectivity index (χ2n) is 4.81. The van der Waals surface area contributed by atoms with Crippen LogP contribution in [-0.4, -0.2) is 18.9 Å². The molecule has 0 saturated carbocycles. The van der Waals surface area contributed by atoms with Crippen molar-refractivity contribution in [1.29, 1.82) is 0 Å². The average Bonchev–Trinajstić information content (AvgIpc) is 2.34. The quantitative estimate of drug-likeness (QED) is 0.816. The number of aryl methyl sites for hydroxylation is 1.